The van der Waals surface area contributed by atoms with Crippen LogP contribution in [0.3, 0.4) is 0 Å². The van der Waals surface area contributed by atoms with Gasteiger partial charge in [0.1, 0.15) is 22.1 Å². The molecule has 0 aliphatic rings. The van der Waals surface area contributed by atoms with Crippen molar-refractivity contribution in [3.05, 3.63) is 301 Å². The van der Waals surface area contributed by atoms with Gasteiger partial charge in [-0.2, -0.15) is 8.42 Å². The largest absolute Gasteiger partial charge is 0.507 e. The maximum absolute atomic E-state index is 13.7. The van der Waals surface area contributed by atoms with Crippen molar-refractivity contribution in [2.24, 2.45) is 0 Å². The van der Waals surface area contributed by atoms with Crippen molar-refractivity contribution in [1.29, 1.82) is 0 Å². The van der Waals surface area contributed by atoms with E-state index in [4.69, 9.17) is 4.74 Å². The zero-order chi connectivity index (χ0) is 60.2. The minimum Gasteiger partial charge on any atom is -0.507 e. The molecule has 13 heteroatoms. The number of hydrogen-bond donors (Lipinski definition) is 3. The molecule has 0 saturated carbocycles. The van der Waals surface area contributed by atoms with Gasteiger partial charge in [0.15, 0.2) is 11.6 Å². The van der Waals surface area contributed by atoms with E-state index in [9.17, 15) is 32.8 Å². The summed E-state index contributed by atoms with van der Waals surface area (Å²) in [5.74, 6) is -0.940. The van der Waals surface area contributed by atoms with Crippen LogP contribution in [0.15, 0.2) is 284 Å². The molecule has 12 nitrogen and oxygen atoms in total. The summed E-state index contributed by atoms with van der Waals surface area (Å²) in [4.78, 5) is 31.2. The summed E-state index contributed by atoms with van der Waals surface area (Å²) < 4.78 is 44.3. The van der Waals surface area contributed by atoms with Gasteiger partial charge in [0, 0.05) is 96.4 Å². The maximum Gasteiger partial charge on any atom is 0.298 e. The lowest BCUT2D eigenvalue weighted by Gasteiger charge is -2.27. The average molecular weight is 1170 g/mol. The molecule has 2 heterocycles. The fourth-order valence-corrected chi connectivity index (χ4v) is 12.7. The van der Waals surface area contributed by atoms with Gasteiger partial charge in [-0.05, 0) is 132 Å². The van der Waals surface area contributed by atoms with Crippen LogP contribution >= 0.6 is 0 Å². The predicted octanol–water partition coefficient (Wildman–Crippen LogP) is 17.6. The Labute approximate surface area is 506 Å². The van der Waals surface area contributed by atoms with Crippen molar-refractivity contribution >= 4 is 99.4 Å². The molecule has 0 aliphatic heterocycles. The van der Waals surface area contributed by atoms with Crippen LogP contribution in [0, 0.1) is 0 Å². The van der Waals surface area contributed by atoms with Crippen LogP contribution in [0.4, 0.5) is 34.1 Å². The van der Waals surface area contributed by atoms with Gasteiger partial charge in [0.05, 0.1) is 40.3 Å². The molecule has 14 aromatic rings. The van der Waals surface area contributed by atoms with Gasteiger partial charge in [-0.3, -0.25) is 14.1 Å². The van der Waals surface area contributed by atoms with Crippen molar-refractivity contribution in [3.63, 3.8) is 0 Å². The number of phenolic OH excluding ortho intramolecular Hbond substituents is 2. The van der Waals surface area contributed by atoms with Crippen LogP contribution in [0.2, 0.25) is 0 Å². The smallest absolute Gasteiger partial charge is 0.298 e. The minimum atomic E-state index is -4.57. The summed E-state index contributed by atoms with van der Waals surface area (Å²) >= 11 is 0. The van der Waals surface area contributed by atoms with Crippen LogP contribution in [-0.4, -0.2) is 51.0 Å². The van der Waals surface area contributed by atoms with Gasteiger partial charge in [-0.15, -0.1) is 0 Å². The standard InChI is InChI=1S/C75H52N4O8S/c1-87-72-47-59(37-42-73(72)88(84,85)86)79-67-24-14-12-22-61(67)65-44-56(36-41-69(65)79)77(58-34-39-63(71(81)46-58)75(83)51-17-7-3-8-18-51)54-31-27-49(28-32-54)48-25-29-53(30-26-48)76(57-33-38-62(70(80)45-57)74(82)50-15-5-2-6-16-50)55-35-40-68-64(43-55)60-21-11-13-23-66(60)78(68)52-19-9-4-10-20-52/h2-47,80-81H,1H3,(H,84,85,86). The molecule has 14 rings (SSSR count). The third-order valence-corrected chi connectivity index (χ3v) is 17.0. The van der Waals surface area contributed by atoms with E-state index < -0.39 is 10.1 Å². The van der Waals surface area contributed by atoms with Gasteiger partial charge in [-0.1, -0.05) is 140 Å². The molecular weight excluding hydrogens is 1120 g/mol. The molecule has 0 unspecified atom stereocenters. The Morgan fingerprint density at radius 2 is 0.750 bits per heavy atom. The third-order valence-electron chi connectivity index (χ3n) is 16.2. The fourth-order valence-electron chi connectivity index (χ4n) is 12.0. The fraction of sp³-hybridized carbons (Fsp3) is 0.0133. The first-order valence-electron chi connectivity index (χ1n) is 28.3. The molecule has 0 atom stereocenters. The van der Waals surface area contributed by atoms with Crippen molar-refractivity contribution in [3.8, 4) is 39.8 Å². The van der Waals surface area contributed by atoms with E-state index in [-0.39, 0.29) is 44.8 Å². The SMILES string of the molecule is COc1cc(-n2c3ccccc3c3cc(N(c4ccc(-c5ccc(N(c6ccc(C(=O)c7ccccc7)c(O)c6)c6ccc7c(c6)c6ccccc6n7-c6ccccc6)cc5)cc4)c4ccc(C(=O)c5ccccc5)c(O)c4)ccc32)ccc1S(=O)(=O)O. The van der Waals surface area contributed by atoms with E-state index in [2.05, 4.69) is 70.1 Å². The Morgan fingerprint density at radius 1 is 0.375 bits per heavy atom. The number of benzene rings is 12. The van der Waals surface area contributed by atoms with Crippen LogP contribution in [-0.2, 0) is 10.1 Å². The molecule has 0 fully saturated rings. The van der Waals surface area contributed by atoms with E-state index in [0.717, 1.165) is 83.2 Å². The van der Waals surface area contributed by atoms with Crippen molar-refractivity contribution in [2.45, 2.75) is 4.90 Å². The molecule has 0 bridgehead atoms. The minimum absolute atomic E-state index is 0.0108. The van der Waals surface area contributed by atoms with Crippen LogP contribution in [0.25, 0.3) is 66.1 Å². The number of carbonyl (C=O) groups is 2. The van der Waals surface area contributed by atoms with Crippen LogP contribution < -0.4 is 14.5 Å². The number of fused-ring (bicyclic) bond motifs is 6. The van der Waals surface area contributed by atoms with E-state index >= 15 is 0 Å². The first kappa shape index (κ1) is 54.4. The number of carbonyl (C=O) groups excluding carboxylic acids is 2. The summed E-state index contributed by atoms with van der Waals surface area (Å²) in [5.41, 5.74) is 12.8. The number of aromatic nitrogens is 2. The Kier molecular flexibility index (Phi) is 13.7. The second kappa shape index (κ2) is 22.2. The van der Waals surface area contributed by atoms with Crippen LogP contribution in [0.1, 0.15) is 31.8 Å². The molecule has 12 aromatic carbocycles. The lowest BCUT2D eigenvalue weighted by molar-refractivity contribution is 0.102. The highest BCUT2D eigenvalue weighted by Gasteiger charge is 2.25. The summed E-state index contributed by atoms with van der Waals surface area (Å²) in [6, 6.07) is 87.7. The van der Waals surface area contributed by atoms with Gasteiger partial charge in [0.2, 0.25) is 0 Å². The monoisotopic (exact) mass is 1170 g/mol. The second-order valence-corrected chi connectivity index (χ2v) is 22.7. The van der Waals surface area contributed by atoms with Crippen LogP contribution in [0.5, 0.6) is 17.2 Å². The maximum atomic E-state index is 13.7. The number of para-hydroxylation sites is 3. The molecule has 0 amide bonds. The Morgan fingerprint density at radius 3 is 1.18 bits per heavy atom. The predicted molar refractivity (Wildman–Crippen MR) is 349 cm³/mol. The Bertz CT molecular complexity index is 5170. The summed E-state index contributed by atoms with van der Waals surface area (Å²) in [6.07, 6.45) is 0. The van der Waals surface area contributed by atoms with Gasteiger partial charge in [-0.25, -0.2) is 0 Å². The topological polar surface area (TPSA) is 155 Å². The number of aromatic hydroxyl groups is 2. The molecule has 2 aromatic heterocycles. The lowest BCUT2D eigenvalue weighted by atomic mass is 10.0. The zero-order valence-electron chi connectivity index (χ0n) is 47.1. The summed E-state index contributed by atoms with van der Waals surface area (Å²) in [6.45, 7) is 0. The third kappa shape index (κ3) is 9.72. The molecule has 426 valence electrons. The summed E-state index contributed by atoms with van der Waals surface area (Å²) in [7, 11) is -3.22. The number of hydrogen-bond acceptors (Lipinski definition) is 9. The van der Waals surface area contributed by atoms with E-state index in [1.165, 1.54) is 13.2 Å². The second-order valence-electron chi connectivity index (χ2n) is 21.3. The number of anilines is 6. The molecule has 0 spiro atoms. The number of rotatable bonds is 15. The number of ether oxygens (including phenoxy) is 1. The molecular formula is C75H52N4O8S. The lowest BCUT2D eigenvalue weighted by Crippen LogP contribution is -2.11. The molecule has 88 heavy (non-hydrogen) atoms. The molecule has 0 aliphatic carbocycles. The molecule has 0 saturated heterocycles. The highest BCUT2D eigenvalue weighted by molar-refractivity contribution is 7.86. The van der Waals surface area contributed by atoms with E-state index in [1.54, 1.807) is 84.9 Å². The van der Waals surface area contributed by atoms with Gasteiger partial charge < -0.3 is 33.9 Å². The summed E-state index contributed by atoms with van der Waals surface area (Å²) in [5, 5.41) is 27.3. The number of phenols is 2. The molecule has 0 radical (unpaired) electrons. The Hall–Kier alpha value is -11.5. The van der Waals surface area contributed by atoms with E-state index in [0.29, 0.717) is 28.2 Å². The Balaban J connectivity index is 0.856. The number of ketones is 2. The van der Waals surface area contributed by atoms with E-state index in [1.807, 2.05) is 137 Å². The van der Waals surface area contributed by atoms with Gasteiger partial charge in [0.25, 0.3) is 10.1 Å². The normalized spacial score (nSPS) is 11.6. The quantitative estimate of drug-likeness (QED) is 0.0667. The number of nitrogens with zero attached hydrogens (tertiary/aromatic N) is 4. The average Bonchev–Trinajstić information content (AvgIpc) is 1.76. The zero-order valence-corrected chi connectivity index (χ0v) is 48.0. The highest BCUT2D eigenvalue weighted by atomic mass is 32.2. The number of methoxy groups -OCH3 is 1. The highest BCUT2D eigenvalue weighted by Crippen LogP contribution is 2.45. The van der Waals surface area contributed by atoms with Crippen molar-refractivity contribution in [1.82, 2.24) is 9.13 Å². The first-order valence-corrected chi connectivity index (χ1v) is 29.8. The van der Waals surface area contributed by atoms with Crippen molar-refractivity contribution in [2.75, 3.05) is 16.9 Å². The van der Waals surface area contributed by atoms with Gasteiger partial charge >= 0.3 is 0 Å². The molecule has 3 N–H and O–H groups in total. The first-order chi connectivity index (χ1) is 42.9. The van der Waals surface area contributed by atoms with Crippen molar-refractivity contribution < 1.29 is 37.5 Å².